The lowest BCUT2D eigenvalue weighted by Crippen LogP contribution is -2.08. The number of nitrogens with one attached hydrogen (secondary N) is 1. The van der Waals surface area contributed by atoms with Crippen LogP contribution in [0.2, 0.25) is 0 Å². The van der Waals surface area contributed by atoms with Crippen LogP contribution in [0.5, 0.6) is 0 Å². The Balaban J connectivity index is 1.67. The molecule has 6 nitrogen and oxygen atoms in total. The average molecular weight is 388 g/mol. The maximum Gasteiger partial charge on any atom is 0.433 e. The van der Waals surface area contributed by atoms with Gasteiger partial charge in [-0.1, -0.05) is 0 Å². The number of rotatable bonds is 3. The molecule has 3 aromatic heterocycles. The summed E-state index contributed by atoms with van der Waals surface area (Å²) in [5, 5.41) is 2.85. The SMILES string of the molecule is Cc1nc2ccc(F)cc2n1-c1cncc(Nc2ccc(C(F)(F)F)nc2)n1. The first-order valence-electron chi connectivity index (χ1n) is 8.08. The van der Waals surface area contributed by atoms with E-state index in [2.05, 4.69) is 25.3 Å². The summed E-state index contributed by atoms with van der Waals surface area (Å²) >= 11 is 0. The molecule has 0 aliphatic rings. The summed E-state index contributed by atoms with van der Waals surface area (Å²) in [6, 6.07) is 6.35. The third-order valence-electron chi connectivity index (χ3n) is 3.96. The third kappa shape index (κ3) is 3.36. The number of alkyl halides is 3. The van der Waals surface area contributed by atoms with E-state index in [9.17, 15) is 17.6 Å². The van der Waals surface area contributed by atoms with Crippen LogP contribution in [0, 0.1) is 12.7 Å². The van der Waals surface area contributed by atoms with Gasteiger partial charge in [0.25, 0.3) is 0 Å². The van der Waals surface area contributed by atoms with E-state index in [-0.39, 0.29) is 5.82 Å². The Morgan fingerprint density at radius 2 is 1.82 bits per heavy atom. The minimum absolute atomic E-state index is 0.289. The van der Waals surface area contributed by atoms with Crippen molar-refractivity contribution in [2.75, 3.05) is 5.32 Å². The smallest absolute Gasteiger partial charge is 0.338 e. The number of pyridine rings is 1. The highest BCUT2D eigenvalue weighted by Crippen LogP contribution is 2.28. The van der Waals surface area contributed by atoms with Gasteiger partial charge in [-0.15, -0.1) is 0 Å². The highest BCUT2D eigenvalue weighted by atomic mass is 19.4. The molecule has 4 aromatic rings. The normalized spacial score (nSPS) is 11.8. The molecule has 0 amide bonds. The van der Waals surface area contributed by atoms with E-state index in [1.807, 2.05) is 0 Å². The second kappa shape index (κ2) is 6.55. The molecule has 0 spiro atoms. The largest absolute Gasteiger partial charge is 0.433 e. The molecule has 3 heterocycles. The highest BCUT2D eigenvalue weighted by molar-refractivity contribution is 5.78. The van der Waals surface area contributed by atoms with E-state index in [1.165, 1.54) is 30.6 Å². The average Bonchev–Trinajstić information content (AvgIpc) is 2.96. The molecule has 0 bridgehead atoms. The second-order valence-electron chi connectivity index (χ2n) is 5.94. The molecule has 0 fully saturated rings. The van der Waals surface area contributed by atoms with Gasteiger partial charge >= 0.3 is 6.18 Å². The van der Waals surface area contributed by atoms with Crippen LogP contribution in [0.1, 0.15) is 11.5 Å². The van der Waals surface area contributed by atoms with Crippen molar-refractivity contribution in [3.05, 3.63) is 66.3 Å². The molecular weight excluding hydrogens is 376 g/mol. The van der Waals surface area contributed by atoms with Crippen molar-refractivity contribution in [2.45, 2.75) is 13.1 Å². The first-order chi connectivity index (χ1) is 13.3. The van der Waals surface area contributed by atoms with Crippen LogP contribution >= 0.6 is 0 Å². The van der Waals surface area contributed by atoms with Gasteiger partial charge in [-0.3, -0.25) is 9.55 Å². The van der Waals surface area contributed by atoms with Crippen LogP contribution in [-0.2, 0) is 6.18 Å². The molecule has 1 aromatic carbocycles. The minimum atomic E-state index is -4.51. The van der Waals surface area contributed by atoms with Crippen LogP contribution in [0.25, 0.3) is 16.9 Å². The van der Waals surface area contributed by atoms with Crippen molar-refractivity contribution in [3.8, 4) is 5.82 Å². The van der Waals surface area contributed by atoms with E-state index in [1.54, 1.807) is 17.6 Å². The highest BCUT2D eigenvalue weighted by Gasteiger charge is 2.32. The fourth-order valence-corrected chi connectivity index (χ4v) is 2.77. The number of hydrogen-bond donors (Lipinski definition) is 1. The van der Waals surface area contributed by atoms with Crippen molar-refractivity contribution < 1.29 is 17.6 Å². The van der Waals surface area contributed by atoms with Gasteiger partial charge in [0.2, 0.25) is 0 Å². The Morgan fingerprint density at radius 3 is 2.54 bits per heavy atom. The van der Waals surface area contributed by atoms with E-state index in [0.29, 0.717) is 28.4 Å². The van der Waals surface area contributed by atoms with Crippen LogP contribution < -0.4 is 5.32 Å². The van der Waals surface area contributed by atoms with E-state index in [0.717, 1.165) is 12.3 Å². The Morgan fingerprint density at radius 1 is 1.00 bits per heavy atom. The molecular formula is C18H12F4N6. The summed E-state index contributed by atoms with van der Waals surface area (Å²) in [7, 11) is 0. The Kier molecular flexibility index (Phi) is 4.17. The zero-order valence-electron chi connectivity index (χ0n) is 14.4. The number of halogens is 4. The van der Waals surface area contributed by atoms with Crippen molar-refractivity contribution >= 4 is 22.5 Å². The molecule has 10 heteroatoms. The maximum absolute atomic E-state index is 13.6. The first-order valence-corrected chi connectivity index (χ1v) is 8.08. The van der Waals surface area contributed by atoms with Crippen molar-refractivity contribution in [1.29, 1.82) is 0 Å². The van der Waals surface area contributed by atoms with Gasteiger partial charge in [0.1, 0.15) is 17.3 Å². The molecule has 0 atom stereocenters. The lowest BCUT2D eigenvalue weighted by Gasteiger charge is -2.10. The fraction of sp³-hybridized carbons (Fsp3) is 0.111. The number of aromatic nitrogens is 5. The first kappa shape index (κ1) is 17.8. The summed E-state index contributed by atoms with van der Waals surface area (Å²) < 4.78 is 53.1. The predicted octanol–water partition coefficient (Wildman–Crippen LogP) is 4.42. The van der Waals surface area contributed by atoms with Gasteiger partial charge in [-0.25, -0.2) is 19.3 Å². The molecule has 4 rings (SSSR count). The Labute approximate surface area is 155 Å². The lowest BCUT2D eigenvalue weighted by molar-refractivity contribution is -0.141. The number of nitrogens with zero attached hydrogens (tertiary/aromatic N) is 5. The van der Waals surface area contributed by atoms with Crippen molar-refractivity contribution in [2.24, 2.45) is 0 Å². The second-order valence-corrected chi connectivity index (χ2v) is 5.94. The van der Waals surface area contributed by atoms with Crippen LogP contribution in [-0.4, -0.2) is 24.5 Å². The fourth-order valence-electron chi connectivity index (χ4n) is 2.77. The summed E-state index contributed by atoms with van der Waals surface area (Å²) in [6.45, 7) is 1.75. The zero-order valence-corrected chi connectivity index (χ0v) is 14.4. The van der Waals surface area contributed by atoms with Crippen LogP contribution in [0.15, 0.2) is 48.9 Å². The lowest BCUT2D eigenvalue weighted by atomic mass is 10.3. The summed E-state index contributed by atoms with van der Waals surface area (Å²) in [4.78, 5) is 16.3. The zero-order chi connectivity index (χ0) is 19.9. The molecule has 0 unspecified atom stereocenters. The monoisotopic (exact) mass is 388 g/mol. The molecule has 1 N–H and O–H groups in total. The molecule has 28 heavy (non-hydrogen) atoms. The van der Waals surface area contributed by atoms with Gasteiger partial charge in [0, 0.05) is 6.07 Å². The van der Waals surface area contributed by atoms with Gasteiger partial charge < -0.3 is 5.32 Å². The molecule has 0 aliphatic carbocycles. The predicted molar refractivity (Wildman–Crippen MR) is 93.9 cm³/mol. The van der Waals surface area contributed by atoms with Gasteiger partial charge in [0.15, 0.2) is 11.6 Å². The Hall–Kier alpha value is -3.56. The molecule has 0 saturated heterocycles. The molecule has 0 aliphatic heterocycles. The van der Waals surface area contributed by atoms with E-state index >= 15 is 0 Å². The maximum atomic E-state index is 13.6. The number of benzene rings is 1. The Bertz CT molecular complexity index is 1150. The van der Waals surface area contributed by atoms with Gasteiger partial charge in [-0.2, -0.15) is 13.2 Å². The number of aryl methyl sites for hydroxylation is 1. The third-order valence-corrected chi connectivity index (χ3v) is 3.96. The van der Waals surface area contributed by atoms with Crippen LogP contribution in [0.3, 0.4) is 0 Å². The number of fused-ring (bicyclic) bond motifs is 1. The summed E-state index contributed by atoms with van der Waals surface area (Å²) in [5.41, 5.74) is 0.462. The number of hydrogen-bond acceptors (Lipinski definition) is 5. The number of imidazole rings is 1. The topological polar surface area (TPSA) is 68.5 Å². The molecule has 142 valence electrons. The van der Waals surface area contributed by atoms with Crippen molar-refractivity contribution in [1.82, 2.24) is 24.5 Å². The van der Waals surface area contributed by atoms with E-state index < -0.39 is 17.7 Å². The van der Waals surface area contributed by atoms with Gasteiger partial charge in [0.05, 0.1) is 35.3 Å². The summed E-state index contributed by atoms with van der Waals surface area (Å²) in [6.07, 6.45) is -0.552. The van der Waals surface area contributed by atoms with Gasteiger partial charge in [-0.05, 0) is 31.2 Å². The quantitative estimate of drug-likeness (QED) is 0.526. The van der Waals surface area contributed by atoms with Crippen LogP contribution in [0.4, 0.5) is 29.1 Å². The number of anilines is 2. The minimum Gasteiger partial charge on any atom is -0.338 e. The molecule has 0 radical (unpaired) electrons. The van der Waals surface area contributed by atoms with E-state index in [4.69, 9.17) is 0 Å². The molecule has 0 saturated carbocycles. The standard InChI is InChI=1S/C18H12F4N6/c1-10-25-13-4-2-11(19)6-14(13)28(10)17-9-23-8-16(27-17)26-12-3-5-15(24-7-12)18(20,21)22/h2-9H,1H3,(H,26,27). The van der Waals surface area contributed by atoms with Crippen molar-refractivity contribution in [3.63, 3.8) is 0 Å². The summed E-state index contributed by atoms with van der Waals surface area (Å²) in [5.74, 6) is 0.849.